The molecule has 4 heteroatoms. The molecule has 0 aliphatic rings. The minimum atomic E-state index is -0.758. The van der Waals surface area contributed by atoms with Crippen molar-refractivity contribution in [2.75, 3.05) is 0 Å². The van der Waals surface area contributed by atoms with Crippen LogP contribution in [-0.4, -0.2) is 0 Å². The topological polar surface area (TPSA) is 0 Å². The van der Waals surface area contributed by atoms with Crippen LogP contribution in [0.1, 0.15) is 11.1 Å². The zero-order valence-electron chi connectivity index (χ0n) is 9.26. The molecule has 2 rings (SSSR count). The van der Waals surface area contributed by atoms with Gasteiger partial charge in [0.15, 0.2) is 0 Å². The maximum atomic E-state index is 13.3. The van der Waals surface area contributed by atoms with E-state index in [1.54, 1.807) is 0 Å². The van der Waals surface area contributed by atoms with Crippen molar-refractivity contribution >= 4 is 0 Å². The van der Waals surface area contributed by atoms with Crippen molar-refractivity contribution < 1.29 is 17.6 Å². The van der Waals surface area contributed by atoms with E-state index in [1.807, 2.05) is 0 Å². The molecule has 0 heterocycles. The number of hydrogen-bond donors (Lipinski definition) is 0. The van der Waals surface area contributed by atoms with Crippen LogP contribution >= 0.6 is 0 Å². The summed E-state index contributed by atoms with van der Waals surface area (Å²) in [5, 5.41) is 0. The third-order valence-corrected chi connectivity index (χ3v) is 2.57. The Balaban J connectivity index is 2.22. The number of hydrogen-bond acceptors (Lipinski definition) is 0. The summed E-state index contributed by atoms with van der Waals surface area (Å²) in [6.45, 7) is 0. The zero-order valence-corrected chi connectivity index (χ0v) is 9.26. The summed E-state index contributed by atoms with van der Waals surface area (Å²) >= 11 is 0. The van der Waals surface area contributed by atoms with Crippen LogP contribution in [0, 0.1) is 29.7 Å². The standard InChI is InChI=1S/C14H9F4/c15-11-3-1-4-12(16)9(11)7-8-10-13(17)5-2-6-14(10)18/h1-7H,8H2. The highest BCUT2D eigenvalue weighted by Crippen LogP contribution is 2.19. The molecule has 18 heavy (non-hydrogen) atoms. The van der Waals surface area contributed by atoms with E-state index in [0.29, 0.717) is 0 Å². The summed E-state index contributed by atoms with van der Waals surface area (Å²) in [7, 11) is 0. The summed E-state index contributed by atoms with van der Waals surface area (Å²) in [6.07, 6.45) is 0.919. The lowest BCUT2D eigenvalue weighted by atomic mass is 10.0. The summed E-state index contributed by atoms with van der Waals surface area (Å²) in [4.78, 5) is 0. The van der Waals surface area contributed by atoms with Crippen molar-refractivity contribution in [1.29, 1.82) is 0 Å². The Morgan fingerprint density at radius 3 is 1.67 bits per heavy atom. The first-order chi connectivity index (χ1) is 8.59. The molecular formula is C14H9F4. The molecule has 0 aromatic heterocycles. The molecule has 0 spiro atoms. The first kappa shape index (κ1) is 12.6. The molecule has 2 aromatic rings. The highest BCUT2D eigenvalue weighted by Gasteiger charge is 2.12. The fraction of sp³-hybridized carbons (Fsp3) is 0.0714. The zero-order chi connectivity index (χ0) is 13.1. The lowest BCUT2D eigenvalue weighted by Gasteiger charge is -2.06. The molecule has 0 saturated heterocycles. The molecular weight excluding hydrogens is 244 g/mol. The van der Waals surface area contributed by atoms with Crippen LogP contribution < -0.4 is 0 Å². The average Bonchev–Trinajstić information content (AvgIpc) is 2.31. The van der Waals surface area contributed by atoms with Crippen LogP contribution in [0.15, 0.2) is 36.4 Å². The monoisotopic (exact) mass is 253 g/mol. The van der Waals surface area contributed by atoms with E-state index in [4.69, 9.17) is 0 Å². The average molecular weight is 253 g/mol. The van der Waals surface area contributed by atoms with Gasteiger partial charge in [-0.25, -0.2) is 17.6 Å². The normalized spacial score (nSPS) is 10.7. The van der Waals surface area contributed by atoms with Gasteiger partial charge in [0.25, 0.3) is 0 Å². The van der Waals surface area contributed by atoms with E-state index in [1.165, 1.54) is 12.1 Å². The van der Waals surface area contributed by atoms with Crippen molar-refractivity contribution in [3.8, 4) is 0 Å². The third-order valence-electron chi connectivity index (χ3n) is 2.57. The van der Waals surface area contributed by atoms with Crippen molar-refractivity contribution in [1.82, 2.24) is 0 Å². The highest BCUT2D eigenvalue weighted by molar-refractivity contribution is 5.31. The molecule has 0 aliphatic heterocycles. The van der Waals surface area contributed by atoms with Gasteiger partial charge in [0.1, 0.15) is 23.3 Å². The van der Waals surface area contributed by atoms with Crippen molar-refractivity contribution in [2.24, 2.45) is 0 Å². The Morgan fingerprint density at radius 1 is 0.722 bits per heavy atom. The maximum absolute atomic E-state index is 13.3. The fourth-order valence-electron chi connectivity index (χ4n) is 1.64. The number of benzene rings is 2. The Morgan fingerprint density at radius 2 is 1.17 bits per heavy atom. The number of rotatable bonds is 3. The molecule has 0 amide bonds. The van der Waals surface area contributed by atoms with Gasteiger partial charge in [-0.1, -0.05) is 12.1 Å². The van der Waals surface area contributed by atoms with E-state index < -0.39 is 23.3 Å². The van der Waals surface area contributed by atoms with E-state index >= 15 is 0 Å². The Labute approximate surface area is 102 Å². The molecule has 0 nitrogen and oxygen atoms in total. The minimum Gasteiger partial charge on any atom is -0.207 e. The molecule has 0 atom stereocenters. The molecule has 1 radical (unpaired) electrons. The Kier molecular flexibility index (Phi) is 3.65. The van der Waals surface area contributed by atoms with Crippen LogP contribution in [0.25, 0.3) is 0 Å². The van der Waals surface area contributed by atoms with E-state index in [9.17, 15) is 17.6 Å². The second-order valence-electron chi connectivity index (χ2n) is 3.74. The first-order valence-electron chi connectivity index (χ1n) is 5.29. The molecule has 0 unspecified atom stereocenters. The van der Waals surface area contributed by atoms with Crippen molar-refractivity contribution in [3.63, 3.8) is 0 Å². The SMILES string of the molecule is Fc1cccc(F)c1[CH]Cc1c(F)cccc1F. The molecule has 0 aliphatic carbocycles. The molecule has 0 N–H and O–H groups in total. The lowest BCUT2D eigenvalue weighted by molar-refractivity contribution is 0.552. The number of halogens is 4. The smallest absolute Gasteiger partial charge is 0.129 e. The van der Waals surface area contributed by atoms with Crippen LogP contribution in [0.5, 0.6) is 0 Å². The van der Waals surface area contributed by atoms with Gasteiger partial charge >= 0.3 is 0 Å². The predicted octanol–water partition coefficient (Wildman–Crippen LogP) is 4.04. The van der Waals surface area contributed by atoms with Gasteiger partial charge in [-0.05, 0) is 30.7 Å². The van der Waals surface area contributed by atoms with E-state index in [0.717, 1.165) is 30.7 Å². The van der Waals surface area contributed by atoms with Gasteiger partial charge in [0.2, 0.25) is 0 Å². The maximum Gasteiger partial charge on any atom is 0.129 e. The predicted molar refractivity (Wildman–Crippen MR) is 59.8 cm³/mol. The highest BCUT2D eigenvalue weighted by atomic mass is 19.1. The Bertz CT molecular complexity index is 472. The molecule has 2 aromatic carbocycles. The van der Waals surface area contributed by atoms with Crippen LogP contribution in [0.2, 0.25) is 0 Å². The van der Waals surface area contributed by atoms with Gasteiger partial charge < -0.3 is 0 Å². The summed E-state index contributed by atoms with van der Waals surface area (Å²) < 4.78 is 53.2. The Hall–Kier alpha value is -1.84. The first-order valence-corrected chi connectivity index (χ1v) is 5.29. The quantitative estimate of drug-likeness (QED) is 0.724. The second-order valence-corrected chi connectivity index (χ2v) is 3.74. The van der Waals surface area contributed by atoms with Crippen LogP contribution in [0.4, 0.5) is 17.6 Å². The molecule has 0 saturated carbocycles. The fourth-order valence-corrected chi connectivity index (χ4v) is 1.64. The summed E-state index contributed by atoms with van der Waals surface area (Å²) in [5.74, 6) is -2.98. The summed E-state index contributed by atoms with van der Waals surface area (Å²) in [5.41, 5.74) is -0.486. The van der Waals surface area contributed by atoms with Gasteiger partial charge in [-0.15, -0.1) is 0 Å². The third kappa shape index (κ3) is 2.53. The van der Waals surface area contributed by atoms with Gasteiger partial charge in [-0.3, -0.25) is 0 Å². The second kappa shape index (κ2) is 5.21. The van der Waals surface area contributed by atoms with E-state index in [-0.39, 0.29) is 17.5 Å². The lowest BCUT2D eigenvalue weighted by Crippen LogP contribution is -2.00. The largest absolute Gasteiger partial charge is 0.207 e. The van der Waals surface area contributed by atoms with Gasteiger partial charge in [0, 0.05) is 17.5 Å². The summed E-state index contributed by atoms with van der Waals surface area (Å²) in [6, 6.07) is 6.84. The van der Waals surface area contributed by atoms with Gasteiger partial charge in [0.05, 0.1) is 0 Å². The van der Waals surface area contributed by atoms with E-state index in [2.05, 4.69) is 0 Å². The molecule has 0 bridgehead atoms. The van der Waals surface area contributed by atoms with Crippen molar-refractivity contribution in [2.45, 2.75) is 6.42 Å². The molecule has 93 valence electrons. The van der Waals surface area contributed by atoms with Crippen LogP contribution in [0.3, 0.4) is 0 Å². The molecule has 0 fully saturated rings. The minimum absolute atomic E-state index is 0.208. The van der Waals surface area contributed by atoms with Crippen LogP contribution in [-0.2, 0) is 6.42 Å². The van der Waals surface area contributed by atoms with Gasteiger partial charge in [-0.2, -0.15) is 0 Å². The van der Waals surface area contributed by atoms with Crippen molar-refractivity contribution in [3.05, 3.63) is 77.2 Å².